The first-order chi connectivity index (χ1) is 12.0. The van der Waals surface area contributed by atoms with Gasteiger partial charge in [0.15, 0.2) is 5.76 Å². The topological polar surface area (TPSA) is 80.1 Å². The lowest BCUT2D eigenvalue weighted by Gasteiger charge is -2.33. The van der Waals surface area contributed by atoms with Crippen molar-refractivity contribution in [1.29, 1.82) is 0 Å². The Labute approximate surface area is 146 Å². The molecule has 2 aromatic rings. The highest BCUT2D eigenvalue weighted by molar-refractivity contribution is 7.89. The molecule has 0 bridgehead atoms. The SMILES string of the molecule is COc1ccc(S(=O)(=O)N2CCN(CC(=O)c3ccco3)CC2)cc1. The van der Waals surface area contributed by atoms with E-state index in [1.807, 2.05) is 4.90 Å². The highest BCUT2D eigenvalue weighted by Crippen LogP contribution is 2.20. The Morgan fingerprint density at radius 2 is 1.80 bits per heavy atom. The molecule has 1 saturated heterocycles. The van der Waals surface area contributed by atoms with Gasteiger partial charge in [-0.2, -0.15) is 4.31 Å². The van der Waals surface area contributed by atoms with Gasteiger partial charge in [0.25, 0.3) is 0 Å². The summed E-state index contributed by atoms with van der Waals surface area (Å²) in [6.45, 7) is 1.92. The van der Waals surface area contributed by atoms with E-state index in [0.29, 0.717) is 37.7 Å². The van der Waals surface area contributed by atoms with Crippen molar-refractivity contribution in [2.45, 2.75) is 4.90 Å². The van der Waals surface area contributed by atoms with E-state index in [4.69, 9.17) is 9.15 Å². The Hall–Kier alpha value is -2.16. The van der Waals surface area contributed by atoms with Gasteiger partial charge in [-0.3, -0.25) is 9.69 Å². The summed E-state index contributed by atoms with van der Waals surface area (Å²) < 4.78 is 37.0. The van der Waals surface area contributed by atoms with Crippen LogP contribution in [0.5, 0.6) is 5.75 Å². The minimum Gasteiger partial charge on any atom is -0.497 e. The van der Waals surface area contributed by atoms with Gasteiger partial charge < -0.3 is 9.15 Å². The minimum absolute atomic E-state index is 0.100. The number of ketones is 1. The number of carbonyl (C=O) groups is 1. The van der Waals surface area contributed by atoms with E-state index in [1.54, 1.807) is 36.4 Å². The maximum absolute atomic E-state index is 12.7. The molecule has 0 amide bonds. The number of hydrogen-bond donors (Lipinski definition) is 0. The predicted octanol–water partition coefficient (Wildman–Crippen LogP) is 1.48. The Bertz CT molecular complexity index is 807. The number of benzene rings is 1. The Balaban J connectivity index is 1.60. The third-order valence-corrected chi connectivity index (χ3v) is 6.10. The number of Topliss-reactive ketones (excluding diaryl/α,β-unsaturated/α-hetero) is 1. The minimum atomic E-state index is -3.53. The van der Waals surface area contributed by atoms with Crippen LogP contribution in [0.15, 0.2) is 52.0 Å². The van der Waals surface area contributed by atoms with Crippen molar-refractivity contribution >= 4 is 15.8 Å². The van der Waals surface area contributed by atoms with Crippen molar-refractivity contribution in [3.63, 3.8) is 0 Å². The van der Waals surface area contributed by atoms with Crippen LogP contribution in [0.2, 0.25) is 0 Å². The average molecular weight is 364 g/mol. The fourth-order valence-electron chi connectivity index (χ4n) is 2.74. The number of furan rings is 1. The van der Waals surface area contributed by atoms with E-state index in [1.165, 1.54) is 17.7 Å². The molecule has 8 heteroatoms. The summed E-state index contributed by atoms with van der Waals surface area (Å²) in [7, 11) is -2.00. The van der Waals surface area contributed by atoms with Gasteiger partial charge in [-0.05, 0) is 36.4 Å². The third-order valence-electron chi connectivity index (χ3n) is 4.19. The molecular formula is C17H20N2O5S. The molecule has 0 spiro atoms. The maximum Gasteiger partial charge on any atom is 0.243 e. The largest absolute Gasteiger partial charge is 0.497 e. The number of hydrogen-bond acceptors (Lipinski definition) is 6. The van der Waals surface area contributed by atoms with Crippen LogP contribution < -0.4 is 4.74 Å². The molecule has 3 rings (SSSR count). The van der Waals surface area contributed by atoms with E-state index < -0.39 is 10.0 Å². The van der Waals surface area contributed by atoms with Gasteiger partial charge >= 0.3 is 0 Å². The molecule has 1 aliphatic heterocycles. The quantitative estimate of drug-likeness (QED) is 0.723. The summed E-state index contributed by atoms with van der Waals surface area (Å²) in [5, 5.41) is 0. The summed E-state index contributed by atoms with van der Waals surface area (Å²) >= 11 is 0. The van der Waals surface area contributed by atoms with Crippen LogP contribution in [0.4, 0.5) is 0 Å². The summed E-state index contributed by atoms with van der Waals surface area (Å²) in [6, 6.07) is 9.65. The summed E-state index contributed by atoms with van der Waals surface area (Å²) in [4.78, 5) is 14.2. The molecule has 2 heterocycles. The van der Waals surface area contributed by atoms with Crippen LogP contribution >= 0.6 is 0 Å². The standard InChI is InChI=1S/C17H20N2O5S/c1-23-14-4-6-15(7-5-14)25(21,22)19-10-8-18(9-11-19)13-16(20)17-3-2-12-24-17/h2-7,12H,8-11,13H2,1H3. The number of piperazine rings is 1. The number of rotatable bonds is 6. The van der Waals surface area contributed by atoms with Gasteiger partial charge in [0, 0.05) is 26.2 Å². The molecule has 1 fully saturated rings. The van der Waals surface area contributed by atoms with Gasteiger partial charge in [0.1, 0.15) is 5.75 Å². The second-order valence-electron chi connectivity index (χ2n) is 5.76. The first-order valence-electron chi connectivity index (χ1n) is 7.94. The second kappa shape index (κ2) is 7.38. The molecule has 1 aromatic carbocycles. The maximum atomic E-state index is 12.7. The van der Waals surface area contributed by atoms with Gasteiger partial charge in [-0.15, -0.1) is 0 Å². The average Bonchev–Trinajstić information content (AvgIpc) is 3.17. The molecule has 7 nitrogen and oxygen atoms in total. The van der Waals surface area contributed by atoms with Gasteiger partial charge in [-0.1, -0.05) is 0 Å². The third kappa shape index (κ3) is 3.92. The fourth-order valence-corrected chi connectivity index (χ4v) is 4.17. The fraction of sp³-hybridized carbons (Fsp3) is 0.353. The van der Waals surface area contributed by atoms with Crippen LogP contribution in [0.25, 0.3) is 0 Å². The van der Waals surface area contributed by atoms with E-state index in [-0.39, 0.29) is 17.2 Å². The van der Waals surface area contributed by atoms with Crippen molar-refractivity contribution in [3.05, 3.63) is 48.4 Å². The van der Waals surface area contributed by atoms with Crippen molar-refractivity contribution in [2.24, 2.45) is 0 Å². The van der Waals surface area contributed by atoms with Crippen LogP contribution in [0.1, 0.15) is 10.6 Å². The van der Waals surface area contributed by atoms with Gasteiger partial charge in [0.05, 0.1) is 24.8 Å². The normalized spacial score (nSPS) is 16.7. The van der Waals surface area contributed by atoms with Crippen LogP contribution in [0.3, 0.4) is 0 Å². The lowest BCUT2D eigenvalue weighted by atomic mass is 10.2. The zero-order chi connectivity index (χ0) is 17.9. The second-order valence-corrected chi connectivity index (χ2v) is 7.69. The van der Waals surface area contributed by atoms with E-state index in [0.717, 1.165) is 0 Å². The van der Waals surface area contributed by atoms with Crippen LogP contribution in [-0.2, 0) is 10.0 Å². The molecule has 0 radical (unpaired) electrons. The van der Waals surface area contributed by atoms with Crippen molar-refractivity contribution in [3.8, 4) is 5.75 Å². The number of ether oxygens (including phenoxy) is 1. The molecule has 1 aliphatic rings. The van der Waals surface area contributed by atoms with Crippen molar-refractivity contribution < 1.29 is 22.4 Å². The zero-order valence-corrected chi connectivity index (χ0v) is 14.7. The molecule has 25 heavy (non-hydrogen) atoms. The smallest absolute Gasteiger partial charge is 0.243 e. The lowest BCUT2D eigenvalue weighted by Crippen LogP contribution is -2.49. The highest BCUT2D eigenvalue weighted by atomic mass is 32.2. The van der Waals surface area contributed by atoms with Crippen LogP contribution in [0, 0.1) is 0 Å². The molecule has 0 unspecified atom stereocenters. The van der Waals surface area contributed by atoms with E-state index in [2.05, 4.69) is 0 Å². The Morgan fingerprint density at radius 1 is 1.12 bits per heavy atom. The molecular weight excluding hydrogens is 344 g/mol. The number of carbonyl (C=O) groups excluding carboxylic acids is 1. The zero-order valence-electron chi connectivity index (χ0n) is 13.9. The lowest BCUT2D eigenvalue weighted by molar-refractivity contribution is 0.0874. The molecule has 0 aliphatic carbocycles. The predicted molar refractivity (Wildman–Crippen MR) is 91.2 cm³/mol. The van der Waals surface area contributed by atoms with Gasteiger partial charge in [-0.25, -0.2) is 8.42 Å². The summed E-state index contributed by atoms with van der Waals surface area (Å²) in [5.74, 6) is 0.838. The van der Waals surface area contributed by atoms with Crippen molar-refractivity contribution in [1.82, 2.24) is 9.21 Å². The molecule has 134 valence electrons. The monoisotopic (exact) mass is 364 g/mol. The van der Waals surface area contributed by atoms with Crippen LogP contribution in [-0.4, -0.2) is 63.2 Å². The number of methoxy groups -OCH3 is 1. The molecule has 0 N–H and O–H groups in total. The Kier molecular flexibility index (Phi) is 5.22. The van der Waals surface area contributed by atoms with E-state index in [9.17, 15) is 13.2 Å². The van der Waals surface area contributed by atoms with E-state index >= 15 is 0 Å². The first-order valence-corrected chi connectivity index (χ1v) is 9.38. The number of nitrogens with zero attached hydrogens (tertiary/aromatic N) is 2. The molecule has 0 atom stereocenters. The Morgan fingerprint density at radius 3 is 2.36 bits per heavy atom. The first kappa shape index (κ1) is 17.7. The summed E-state index contributed by atoms with van der Waals surface area (Å²) in [6.07, 6.45) is 1.46. The number of sulfonamides is 1. The highest BCUT2D eigenvalue weighted by Gasteiger charge is 2.29. The van der Waals surface area contributed by atoms with Crippen molar-refractivity contribution in [2.75, 3.05) is 39.8 Å². The molecule has 1 aromatic heterocycles. The summed E-state index contributed by atoms with van der Waals surface area (Å²) in [5.41, 5.74) is 0. The molecule has 0 saturated carbocycles. The van der Waals surface area contributed by atoms with Gasteiger partial charge in [0.2, 0.25) is 15.8 Å².